The van der Waals surface area contributed by atoms with Crippen LogP contribution in [0.25, 0.3) is 11.1 Å². The number of aliphatic hydroxyl groups excluding tert-OH is 1. The predicted octanol–water partition coefficient (Wildman–Crippen LogP) is 2.40. The summed E-state index contributed by atoms with van der Waals surface area (Å²) >= 11 is 0. The average Bonchev–Trinajstić information content (AvgIpc) is 2.61. The molecule has 0 aliphatic heterocycles. The fourth-order valence-electron chi connectivity index (χ4n) is 2.82. The van der Waals surface area contributed by atoms with Crippen molar-refractivity contribution < 1.29 is 24.2 Å². The Morgan fingerprint density at radius 3 is 2.35 bits per heavy atom. The molecule has 0 saturated carbocycles. The highest BCUT2D eigenvalue weighted by atomic mass is 19.1. The molecule has 6 heteroatoms. The van der Waals surface area contributed by atoms with Gasteiger partial charge in [-0.3, -0.25) is 9.59 Å². The third-order valence-electron chi connectivity index (χ3n) is 4.53. The zero-order valence-electron chi connectivity index (χ0n) is 14.5. The Morgan fingerprint density at radius 1 is 1.15 bits per heavy atom. The Balaban J connectivity index is 2.13. The van der Waals surface area contributed by atoms with Crippen LogP contribution in [0.4, 0.5) is 4.39 Å². The van der Waals surface area contributed by atoms with Crippen LogP contribution in [-0.2, 0) is 16.0 Å². The summed E-state index contributed by atoms with van der Waals surface area (Å²) in [4.78, 5) is 23.9. The molecule has 138 valence electrons. The van der Waals surface area contributed by atoms with E-state index in [0.717, 1.165) is 16.7 Å². The maximum Gasteiger partial charge on any atom is 0.317 e. The van der Waals surface area contributed by atoms with E-state index in [9.17, 15) is 19.1 Å². The van der Waals surface area contributed by atoms with Crippen molar-refractivity contribution in [1.82, 2.24) is 0 Å². The molecule has 2 aromatic carbocycles. The summed E-state index contributed by atoms with van der Waals surface area (Å²) < 4.78 is 13.3. The van der Waals surface area contributed by atoms with Gasteiger partial charge in [0, 0.05) is 6.61 Å². The summed E-state index contributed by atoms with van der Waals surface area (Å²) in [6.07, 6.45) is -0.00998. The van der Waals surface area contributed by atoms with Gasteiger partial charge in [0.2, 0.25) is 0 Å². The van der Waals surface area contributed by atoms with Gasteiger partial charge in [0.15, 0.2) is 5.78 Å². The molecule has 0 bridgehead atoms. The van der Waals surface area contributed by atoms with E-state index in [1.807, 2.05) is 0 Å². The first-order valence-electron chi connectivity index (χ1n) is 8.27. The molecule has 0 spiro atoms. The van der Waals surface area contributed by atoms with Gasteiger partial charge in [-0.1, -0.05) is 36.4 Å². The van der Waals surface area contributed by atoms with Gasteiger partial charge in [-0.25, -0.2) is 4.39 Å². The Kier molecular flexibility index (Phi) is 6.23. The van der Waals surface area contributed by atoms with Crippen molar-refractivity contribution in [3.63, 3.8) is 0 Å². The van der Waals surface area contributed by atoms with Crippen LogP contribution in [0.1, 0.15) is 18.9 Å². The van der Waals surface area contributed by atoms with Crippen LogP contribution in [0.5, 0.6) is 0 Å². The van der Waals surface area contributed by atoms with Gasteiger partial charge < -0.3 is 15.9 Å². The van der Waals surface area contributed by atoms with E-state index < -0.39 is 29.8 Å². The summed E-state index contributed by atoms with van der Waals surface area (Å²) in [7, 11) is 0. The number of carboxylic acid groups (broad SMARTS) is 1. The first-order chi connectivity index (χ1) is 12.3. The predicted molar refractivity (Wildman–Crippen MR) is 96.0 cm³/mol. The smallest absolute Gasteiger partial charge is 0.317 e. The first kappa shape index (κ1) is 19.8. The quantitative estimate of drug-likeness (QED) is 0.629. The highest BCUT2D eigenvalue weighted by Gasteiger charge is 2.42. The minimum Gasteiger partial charge on any atom is -0.481 e. The van der Waals surface area contributed by atoms with Crippen LogP contribution in [0.2, 0.25) is 0 Å². The number of ketones is 1. The Bertz CT molecular complexity index is 791. The van der Waals surface area contributed by atoms with E-state index in [0.29, 0.717) is 0 Å². The average molecular weight is 359 g/mol. The van der Waals surface area contributed by atoms with E-state index in [2.05, 4.69) is 0 Å². The third kappa shape index (κ3) is 4.33. The van der Waals surface area contributed by atoms with E-state index in [-0.39, 0.29) is 18.7 Å². The number of hydrogen-bond donors (Lipinski definition) is 3. The van der Waals surface area contributed by atoms with Crippen molar-refractivity contribution in [3.8, 4) is 11.1 Å². The minimum atomic E-state index is -1.71. The minimum absolute atomic E-state index is 0.177. The molecule has 0 heterocycles. The van der Waals surface area contributed by atoms with Crippen LogP contribution in [0.15, 0.2) is 48.5 Å². The number of nitrogens with two attached hydrogens (primary N) is 1. The molecule has 0 fully saturated rings. The molecule has 26 heavy (non-hydrogen) atoms. The van der Waals surface area contributed by atoms with Gasteiger partial charge in [-0.2, -0.15) is 0 Å². The number of carbonyl (C=O) groups excluding carboxylic acids is 1. The Hall–Kier alpha value is -2.57. The molecule has 0 saturated heterocycles. The van der Waals surface area contributed by atoms with Gasteiger partial charge >= 0.3 is 5.97 Å². The number of aliphatic carboxylic acids is 1. The van der Waals surface area contributed by atoms with Crippen molar-refractivity contribution in [2.24, 2.45) is 11.1 Å². The maximum atomic E-state index is 13.3. The molecule has 2 aromatic rings. The van der Waals surface area contributed by atoms with Crippen LogP contribution in [-0.4, -0.2) is 34.6 Å². The lowest BCUT2D eigenvalue weighted by atomic mass is 9.78. The van der Waals surface area contributed by atoms with Gasteiger partial charge in [0.25, 0.3) is 0 Å². The highest BCUT2D eigenvalue weighted by molar-refractivity contribution is 6.05. The number of hydrogen-bond acceptors (Lipinski definition) is 4. The maximum absolute atomic E-state index is 13.3. The molecule has 2 atom stereocenters. The fraction of sp³-hybridized carbons (Fsp3) is 0.300. The monoisotopic (exact) mass is 359 g/mol. The van der Waals surface area contributed by atoms with Crippen molar-refractivity contribution >= 4 is 11.8 Å². The van der Waals surface area contributed by atoms with Crippen molar-refractivity contribution in [2.45, 2.75) is 25.8 Å². The summed E-state index contributed by atoms with van der Waals surface area (Å²) in [5.74, 6) is -2.24. The lowest BCUT2D eigenvalue weighted by molar-refractivity contribution is -0.155. The number of aliphatic hydroxyl groups is 1. The number of benzene rings is 2. The van der Waals surface area contributed by atoms with Crippen LogP contribution in [0.3, 0.4) is 0 Å². The zero-order valence-corrected chi connectivity index (χ0v) is 14.5. The zero-order chi connectivity index (χ0) is 19.3. The van der Waals surface area contributed by atoms with Crippen LogP contribution >= 0.6 is 0 Å². The van der Waals surface area contributed by atoms with Gasteiger partial charge in [-0.15, -0.1) is 0 Å². The van der Waals surface area contributed by atoms with Gasteiger partial charge in [0.1, 0.15) is 11.2 Å². The van der Waals surface area contributed by atoms with Crippen LogP contribution in [0, 0.1) is 11.2 Å². The highest BCUT2D eigenvalue weighted by Crippen LogP contribution is 2.26. The van der Waals surface area contributed by atoms with E-state index in [1.165, 1.54) is 19.1 Å². The number of rotatable bonds is 8. The normalized spacial score (nSPS) is 14.5. The SMILES string of the molecule is CC(CCO)(C(=O)O)C(=O)[C@H](N)Cc1ccc(-c2cccc(F)c2)cc1. The van der Waals surface area contributed by atoms with Crippen molar-refractivity contribution in [3.05, 3.63) is 59.9 Å². The summed E-state index contributed by atoms with van der Waals surface area (Å²) in [6, 6.07) is 12.4. The number of carbonyl (C=O) groups is 2. The van der Waals surface area contributed by atoms with E-state index in [1.54, 1.807) is 36.4 Å². The van der Waals surface area contributed by atoms with Crippen molar-refractivity contribution in [2.75, 3.05) is 6.61 Å². The van der Waals surface area contributed by atoms with E-state index >= 15 is 0 Å². The topological polar surface area (TPSA) is 101 Å². The molecule has 0 aromatic heterocycles. The molecule has 0 radical (unpaired) electrons. The molecular weight excluding hydrogens is 337 g/mol. The second-order valence-electron chi connectivity index (χ2n) is 6.49. The van der Waals surface area contributed by atoms with Gasteiger partial charge in [0.05, 0.1) is 6.04 Å². The standard InChI is InChI=1S/C20H22FNO4/c1-20(9-10-23,19(25)26)18(24)17(22)11-13-5-7-14(8-6-13)15-3-2-4-16(21)12-15/h2-8,12,17,23H,9-11,22H2,1H3,(H,25,26)/t17-,20?/m1/s1. The number of carboxylic acids is 1. The molecule has 0 aliphatic rings. The fourth-order valence-corrected chi connectivity index (χ4v) is 2.82. The molecule has 0 amide bonds. The summed E-state index contributed by atoms with van der Waals surface area (Å²) in [6.45, 7) is 0.865. The second-order valence-corrected chi connectivity index (χ2v) is 6.49. The van der Waals surface area contributed by atoms with Crippen LogP contribution < -0.4 is 5.73 Å². The van der Waals surface area contributed by atoms with Gasteiger partial charge in [-0.05, 0) is 48.6 Å². The molecule has 0 aliphatic carbocycles. The number of halogens is 1. The molecule has 4 N–H and O–H groups in total. The second kappa shape index (κ2) is 8.21. The Labute approximate surface area is 151 Å². The largest absolute Gasteiger partial charge is 0.481 e. The summed E-state index contributed by atoms with van der Waals surface area (Å²) in [5, 5.41) is 18.4. The summed E-state index contributed by atoms with van der Waals surface area (Å²) in [5.41, 5.74) is 6.54. The molecule has 1 unspecified atom stereocenters. The first-order valence-corrected chi connectivity index (χ1v) is 8.27. The third-order valence-corrected chi connectivity index (χ3v) is 4.53. The molecule has 2 rings (SSSR count). The Morgan fingerprint density at radius 2 is 1.81 bits per heavy atom. The van der Waals surface area contributed by atoms with Crippen molar-refractivity contribution in [1.29, 1.82) is 0 Å². The lowest BCUT2D eigenvalue weighted by Gasteiger charge is -2.25. The molecule has 5 nitrogen and oxygen atoms in total. The van der Waals surface area contributed by atoms with E-state index in [4.69, 9.17) is 10.8 Å². The lowest BCUT2D eigenvalue weighted by Crippen LogP contribution is -2.47. The number of Topliss-reactive ketones (excluding diaryl/α,β-unsaturated/α-hetero) is 1. The molecular formula is C20H22FNO4.